The maximum Gasteiger partial charge on any atom is 0.418 e. The number of aliphatic hydroxyl groups is 1. The van der Waals surface area contributed by atoms with Crippen LogP contribution in [0.5, 0.6) is 0 Å². The van der Waals surface area contributed by atoms with E-state index < -0.39 is 35.4 Å². The van der Waals surface area contributed by atoms with Crippen molar-refractivity contribution in [3.63, 3.8) is 0 Å². The monoisotopic (exact) mass is 309 g/mol. The second-order valence-corrected chi connectivity index (χ2v) is 5.30. The van der Waals surface area contributed by atoms with E-state index in [1.54, 1.807) is 20.8 Å². The van der Waals surface area contributed by atoms with E-state index in [9.17, 15) is 27.5 Å². The van der Waals surface area contributed by atoms with E-state index in [0.29, 0.717) is 6.07 Å². The summed E-state index contributed by atoms with van der Waals surface area (Å²) in [6, 6.07) is 2.29. The molecule has 0 saturated heterocycles. The van der Waals surface area contributed by atoms with Crippen LogP contribution in [0.3, 0.4) is 0 Å². The van der Waals surface area contributed by atoms with Crippen molar-refractivity contribution in [2.75, 3.05) is 5.32 Å². The number of halogens is 4. The lowest BCUT2D eigenvalue weighted by Gasteiger charge is -2.22. The smallest absolute Gasteiger partial charge is 0.418 e. The van der Waals surface area contributed by atoms with Crippen molar-refractivity contribution < 1.29 is 32.2 Å². The van der Waals surface area contributed by atoms with Crippen LogP contribution in [-0.4, -0.2) is 23.0 Å². The summed E-state index contributed by atoms with van der Waals surface area (Å²) in [5.41, 5.74) is -2.03. The van der Waals surface area contributed by atoms with Gasteiger partial charge >= 0.3 is 12.3 Å². The first-order valence-electron chi connectivity index (χ1n) is 5.94. The van der Waals surface area contributed by atoms with Gasteiger partial charge < -0.3 is 9.84 Å². The third-order valence-electron chi connectivity index (χ3n) is 2.25. The van der Waals surface area contributed by atoms with Crippen LogP contribution in [0.15, 0.2) is 18.2 Å². The predicted molar refractivity (Wildman–Crippen MR) is 67.3 cm³/mol. The Labute approximate surface area is 118 Å². The summed E-state index contributed by atoms with van der Waals surface area (Å²) in [6.45, 7) is 4.72. The van der Waals surface area contributed by atoms with Crippen LogP contribution in [-0.2, 0) is 4.74 Å². The van der Waals surface area contributed by atoms with Gasteiger partial charge in [0.25, 0.3) is 0 Å². The highest BCUT2D eigenvalue weighted by Crippen LogP contribution is 2.36. The Kier molecular flexibility index (Phi) is 4.83. The van der Waals surface area contributed by atoms with E-state index in [2.05, 4.69) is 5.32 Å². The Hall–Kier alpha value is -1.83. The standard InChI is InChI=1S/C13H15F4NO3/c1-12(2,3)21-11(20)18-9-5-4-7(14)6-8(9)10(19)13(15,16)17/h4-6,10,19H,1-3H3,(H,18,20). The molecule has 4 nitrogen and oxygen atoms in total. The van der Waals surface area contributed by atoms with Crippen molar-refractivity contribution in [2.45, 2.75) is 38.7 Å². The van der Waals surface area contributed by atoms with Gasteiger partial charge in [-0.25, -0.2) is 9.18 Å². The Morgan fingerprint density at radius 2 is 1.86 bits per heavy atom. The average molecular weight is 309 g/mol. The van der Waals surface area contributed by atoms with Crippen molar-refractivity contribution in [3.05, 3.63) is 29.6 Å². The molecule has 0 radical (unpaired) electrons. The van der Waals surface area contributed by atoms with Crippen LogP contribution in [0, 0.1) is 5.82 Å². The van der Waals surface area contributed by atoms with Crippen LogP contribution in [0.4, 0.5) is 28.0 Å². The first kappa shape index (κ1) is 17.2. The maximum atomic E-state index is 13.1. The number of anilines is 1. The zero-order valence-electron chi connectivity index (χ0n) is 11.6. The number of carbonyl (C=O) groups excluding carboxylic acids is 1. The number of hydrogen-bond acceptors (Lipinski definition) is 3. The van der Waals surface area contributed by atoms with E-state index in [0.717, 1.165) is 12.1 Å². The van der Waals surface area contributed by atoms with Gasteiger partial charge in [0, 0.05) is 5.56 Å². The Balaban J connectivity index is 3.05. The molecule has 1 rings (SSSR count). The number of aliphatic hydroxyl groups excluding tert-OH is 1. The molecule has 1 atom stereocenters. The summed E-state index contributed by atoms with van der Waals surface area (Å²) in [7, 11) is 0. The lowest BCUT2D eigenvalue weighted by molar-refractivity contribution is -0.206. The third kappa shape index (κ3) is 5.22. The van der Waals surface area contributed by atoms with Crippen molar-refractivity contribution >= 4 is 11.8 Å². The van der Waals surface area contributed by atoms with Crippen LogP contribution >= 0.6 is 0 Å². The maximum absolute atomic E-state index is 13.1. The number of alkyl halides is 3. The minimum atomic E-state index is -4.99. The topological polar surface area (TPSA) is 58.6 Å². The molecule has 0 fully saturated rings. The summed E-state index contributed by atoms with van der Waals surface area (Å²) in [4.78, 5) is 11.5. The van der Waals surface area contributed by atoms with Crippen LogP contribution in [0.25, 0.3) is 0 Å². The summed E-state index contributed by atoms with van der Waals surface area (Å²) in [5.74, 6) is -0.969. The number of ether oxygens (including phenoxy) is 1. The number of rotatable bonds is 2. The predicted octanol–water partition coefficient (Wildman–Crippen LogP) is 3.77. The molecular weight excluding hydrogens is 294 g/mol. The molecule has 0 aliphatic heterocycles. The van der Waals surface area contributed by atoms with E-state index in [1.165, 1.54) is 0 Å². The fraction of sp³-hybridized carbons (Fsp3) is 0.462. The first-order chi connectivity index (χ1) is 9.40. The number of hydrogen-bond donors (Lipinski definition) is 2. The minimum absolute atomic E-state index is 0.379. The van der Waals surface area contributed by atoms with Gasteiger partial charge in [-0.2, -0.15) is 13.2 Å². The Morgan fingerprint density at radius 1 is 1.29 bits per heavy atom. The van der Waals surface area contributed by atoms with E-state index in [4.69, 9.17) is 4.74 Å². The van der Waals surface area contributed by atoms with Crippen molar-refractivity contribution in [1.82, 2.24) is 0 Å². The Bertz CT molecular complexity index is 523. The summed E-state index contributed by atoms with van der Waals surface area (Å²) in [5, 5.41) is 11.3. The van der Waals surface area contributed by atoms with Gasteiger partial charge in [-0.3, -0.25) is 5.32 Å². The molecule has 21 heavy (non-hydrogen) atoms. The molecule has 0 aromatic heterocycles. The normalized spacial score (nSPS) is 13.7. The number of carbonyl (C=O) groups is 1. The summed E-state index contributed by atoms with van der Waals surface area (Å²) in [6.07, 6.45) is -8.92. The number of nitrogens with one attached hydrogen (secondary N) is 1. The van der Waals surface area contributed by atoms with Crippen molar-refractivity contribution in [1.29, 1.82) is 0 Å². The molecule has 1 amide bonds. The van der Waals surface area contributed by atoms with Crippen molar-refractivity contribution in [3.8, 4) is 0 Å². The molecule has 0 heterocycles. The lowest BCUT2D eigenvalue weighted by Crippen LogP contribution is -2.28. The van der Waals surface area contributed by atoms with Crippen LogP contribution in [0.1, 0.15) is 32.4 Å². The summed E-state index contributed by atoms with van der Waals surface area (Å²) < 4.78 is 55.6. The molecule has 0 aliphatic rings. The van der Waals surface area contributed by atoms with Gasteiger partial charge in [0.05, 0.1) is 5.69 Å². The van der Waals surface area contributed by atoms with Gasteiger partial charge in [0.2, 0.25) is 0 Å². The SMILES string of the molecule is CC(C)(C)OC(=O)Nc1ccc(F)cc1C(O)C(F)(F)F. The number of amides is 1. The fourth-order valence-electron chi connectivity index (χ4n) is 1.46. The molecule has 0 saturated carbocycles. The van der Waals surface area contributed by atoms with Gasteiger partial charge in [-0.05, 0) is 39.0 Å². The molecule has 118 valence electrons. The second-order valence-electron chi connectivity index (χ2n) is 5.30. The van der Waals surface area contributed by atoms with Crippen molar-refractivity contribution in [2.24, 2.45) is 0 Å². The highest BCUT2D eigenvalue weighted by molar-refractivity contribution is 5.86. The number of benzene rings is 1. The molecular formula is C13H15F4NO3. The zero-order valence-corrected chi connectivity index (χ0v) is 11.6. The van der Waals surface area contributed by atoms with Crippen LogP contribution in [0.2, 0.25) is 0 Å². The van der Waals surface area contributed by atoms with Gasteiger partial charge in [-0.15, -0.1) is 0 Å². The molecule has 0 bridgehead atoms. The highest BCUT2D eigenvalue weighted by atomic mass is 19.4. The summed E-state index contributed by atoms with van der Waals surface area (Å²) >= 11 is 0. The van der Waals surface area contributed by atoms with E-state index in [1.807, 2.05) is 0 Å². The largest absolute Gasteiger partial charge is 0.444 e. The molecule has 0 spiro atoms. The molecule has 1 unspecified atom stereocenters. The third-order valence-corrected chi connectivity index (χ3v) is 2.25. The average Bonchev–Trinajstić information content (AvgIpc) is 2.26. The molecule has 1 aromatic carbocycles. The molecule has 2 N–H and O–H groups in total. The quantitative estimate of drug-likeness (QED) is 0.818. The first-order valence-corrected chi connectivity index (χ1v) is 5.94. The fourth-order valence-corrected chi connectivity index (χ4v) is 1.46. The van der Waals surface area contributed by atoms with E-state index in [-0.39, 0.29) is 5.69 Å². The van der Waals surface area contributed by atoms with Crippen LogP contribution < -0.4 is 5.32 Å². The van der Waals surface area contributed by atoms with Gasteiger partial charge in [-0.1, -0.05) is 0 Å². The Morgan fingerprint density at radius 3 is 2.33 bits per heavy atom. The van der Waals surface area contributed by atoms with Gasteiger partial charge in [0.15, 0.2) is 6.10 Å². The lowest BCUT2D eigenvalue weighted by atomic mass is 10.1. The van der Waals surface area contributed by atoms with Gasteiger partial charge in [0.1, 0.15) is 11.4 Å². The highest BCUT2D eigenvalue weighted by Gasteiger charge is 2.41. The van der Waals surface area contributed by atoms with E-state index >= 15 is 0 Å². The molecule has 8 heteroatoms. The second kappa shape index (κ2) is 5.88. The zero-order chi connectivity index (χ0) is 16.4. The molecule has 0 aliphatic carbocycles. The minimum Gasteiger partial charge on any atom is -0.444 e. The molecule has 1 aromatic rings.